The summed E-state index contributed by atoms with van der Waals surface area (Å²) >= 11 is 1.50. The van der Waals surface area contributed by atoms with Crippen molar-refractivity contribution in [2.24, 2.45) is 0 Å². The van der Waals surface area contributed by atoms with E-state index in [2.05, 4.69) is 34.3 Å². The summed E-state index contributed by atoms with van der Waals surface area (Å²) in [5.74, 6) is 2.03. The minimum atomic E-state index is -0.279. The quantitative estimate of drug-likeness (QED) is 0.766. The zero-order chi connectivity index (χ0) is 15.9. The molecule has 0 bridgehead atoms. The number of anilines is 1. The van der Waals surface area contributed by atoms with Crippen molar-refractivity contribution in [3.63, 3.8) is 0 Å². The number of thioether (sulfide) groups is 1. The number of rotatable bonds is 7. The molecule has 2 N–H and O–H groups in total. The van der Waals surface area contributed by atoms with Gasteiger partial charge in [-0.3, -0.25) is 10.1 Å². The minimum absolute atomic E-state index is 0.0709. The molecule has 1 aromatic heterocycles. The van der Waals surface area contributed by atoms with E-state index in [0.29, 0.717) is 22.8 Å². The number of benzene rings is 1. The zero-order valence-corrected chi connectivity index (χ0v) is 13.7. The second-order valence-electron chi connectivity index (χ2n) is 4.96. The molecule has 0 saturated heterocycles. The third kappa shape index (κ3) is 4.77. The van der Waals surface area contributed by atoms with Crippen LogP contribution < -0.4 is 10.1 Å². The summed E-state index contributed by atoms with van der Waals surface area (Å²) in [6, 6.07) is 7.75. The van der Waals surface area contributed by atoms with E-state index < -0.39 is 0 Å². The molecule has 1 heterocycles. The maximum atomic E-state index is 11.8. The van der Waals surface area contributed by atoms with E-state index in [4.69, 9.17) is 4.74 Å². The van der Waals surface area contributed by atoms with Gasteiger partial charge in [0.05, 0.1) is 0 Å². The zero-order valence-electron chi connectivity index (χ0n) is 12.9. The Hall–Kier alpha value is -2.02. The normalized spacial score (nSPS) is 10.7. The van der Waals surface area contributed by atoms with Crippen LogP contribution in [0.5, 0.6) is 5.75 Å². The highest BCUT2D eigenvalue weighted by molar-refractivity contribution is 7.99. The summed E-state index contributed by atoms with van der Waals surface area (Å²) in [7, 11) is 0. The summed E-state index contributed by atoms with van der Waals surface area (Å²) in [6.07, 6.45) is 0. The largest absolute Gasteiger partial charge is 0.484 e. The molecule has 2 rings (SSSR count). The number of carbonyl (C=O) groups is 1. The molecule has 22 heavy (non-hydrogen) atoms. The van der Waals surface area contributed by atoms with Gasteiger partial charge in [0.2, 0.25) is 11.1 Å². The molecule has 0 aliphatic carbocycles. The van der Waals surface area contributed by atoms with Crippen molar-refractivity contribution in [3.8, 4) is 5.75 Å². The summed E-state index contributed by atoms with van der Waals surface area (Å²) in [6.45, 7) is 6.17. The maximum absolute atomic E-state index is 11.8. The molecule has 1 amide bonds. The molecular formula is C15H20N4O2S. The number of aromatic amines is 1. The van der Waals surface area contributed by atoms with Gasteiger partial charge in [-0.05, 0) is 29.4 Å². The van der Waals surface area contributed by atoms with Gasteiger partial charge < -0.3 is 4.74 Å². The molecule has 0 unspecified atom stereocenters. The molecule has 1 aromatic carbocycles. The number of carbonyl (C=O) groups excluding carboxylic acids is 1. The van der Waals surface area contributed by atoms with Crippen LogP contribution in [0.15, 0.2) is 29.4 Å². The van der Waals surface area contributed by atoms with Crippen LogP contribution in [0, 0.1) is 0 Å². The standard InChI is InChI=1S/C15H20N4O2S/c1-4-22-15-17-14(18-19-15)16-13(20)9-21-12-7-5-6-11(8-12)10(2)3/h5-8,10H,4,9H2,1-3H3,(H2,16,17,18,19,20). The molecular weight excluding hydrogens is 300 g/mol. The SMILES string of the molecule is CCSc1n[nH]c(NC(=O)COc2cccc(C(C)C)c2)n1. The Kier molecular flexibility index (Phi) is 5.83. The third-order valence-corrected chi connectivity index (χ3v) is 3.62. The number of ether oxygens (including phenoxy) is 1. The van der Waals surface area contributed by atoms with Crippen molar-refractivity contribution >= 4 is 23.6 Å². The van der Waals surface area contributed by atoms with Gasteiger partial charge in [-0.25, -0.2) is 5.10 Å². The first kappa shape index (κ1) is 16.4. The number of amides is 1. The fourth-order valence-corrected chi connectivity index (χ4v) is 2.30. The van der Waals surface area contributed by atoms with Crippen LogP contribution in [0.2, 0.25) is 0 Å². The van der Waals surface area contributed by atoms with E-state index >= 15 is 0 Å². The lowest BCUT2D eigenvalue weighted by molar-refractivity contribution is -0.118. The first-order chi connectivity index (χ1) is 10.6. The highest BCUT2D eigenvalue weighted by Crippen LogP contribution is 2.20. The Morgan fingerprint density at radius 2 is 2.27 bits per heavy atom. The lowest BCUT2D eigenvalue weighted by atomic mass is 10.0. The van der Waals surface area contributed by atoms with Gasteiger partial charge in [0.1, 0.15) is 5.75 Å². The second-order valence-corrected chi connectivity index (χ2v) is 6.19. The van der Waals surface area contributed by atoms with Crippen molar-refractivity contribution in [1.82, 2.24) is 15.2 Å². The van der Waals surface area contributed by atoms with E-state index in [1.165, 1.54) is 17.3 Å². The smallest absolute Gasteiger partial charge is 0.264 e. The van der Waals surface area contributed by atoms with Crippen LogP contribution in [0.25, 0.3) is 0 Å². The molecule has 7 heteroatoms. The molecule has 0 aliphatic heterocycles. The third-order valence-electron chi connectivity index (χ3n) is 2.89. The Balaban J connectivity index is 1.85. The summed E-state index contributed by atoms with van der Waals surface area (Å²) in [5.41, 5.74) is 1.18. The summed E-state index contributed by atoms with van der Waals surface area (Å²) in [5, 5.41) is 9.89. The van der Waals surface area contributed by atoms with Gasteiger partial charge >= 0.3 is 0 Å². The highest BCUT2D eigenvalue weighted by Gasteiger charge is 2.08. The van der Waals surface area contributed by atoms with Crippen molar-refractivity contribution in [2.45, 2.75) is 31.8 Å². The van der Waals surface area contributed by atoms with Crippen molar-refractivity contribution in [3.05, 3.63) is 29.8 Å². The van der Waals surface area contributed by atoms with Gasteiger partial charge in [0, 0.05) is 0 Å². The first-order valence-corrected chi connectivity index (χ1v) is 8.15. The first-order valence-electron chi connectivity index (χ1n) is 7.16. The fraction of sp³-hybridized carbons (Fsp3) is 0.400. The Labute approximate surface area is 134 Å². The predicted octanol–water partition coefficient (Wildman–Crippen LogP) is 3.06. The van der Waals surface area contributed by atoms with Gasteiger partial charge in [-0.1, -0.05) is 44.7 Å². The average molecular weight is 320 g/mol. The van der Waals surface area contributed by atoms with Crippen molar-refractivity contribution in [1.29, 1.82) is 0 Å². The van der Waals surface area contributed by atoms with Crippen LogP contribution in [-0.2, 0) is 4.79 Å². The number of nitrogens with one attached hydrogen (secondary N) is 2. The predicted molar refractivity (Wildman–Crippen MR) is 87.4 cm³/mol. The number of hydrogen-bond donors (Lipinski definition) is 2. The number of nitrogens with zero attached hydrogens (tertiary/aromatic N) is 2. The lowest BCUT2D eigenvalue weighted by Gasteiger charge is -2.09. The van der Waals surface area contributed by atoms with Crippen molar-refractivity contribution < 1.29 is 9.53 Å². The van der Waals surface area contributed by atoms with E-state index in [9.17, 15) is 4.79 Å². The Bertz CT molecular complexity index is 628. The topological polar surface area (TPSA) is 79.9 Å². The molecule has 0 saturated carbocycles. The molecule has 0 aliphatic rings. The molecule has 2 aromatic rings. The van der Waals surface area contributed by atoms with Crippen LogP contribution in [-0.4, -0.2) is 33.4 Å². The van der Waals surface area contributed by atoms with Crippen molar-refractivity contribution in [2.75, 3.05) is 17.7 Å². The fourth-order valence-electron chi connectivity index (χ4n) is 1.78. The Morgan fingerprint density at radius 1 is 1.45 bits per heavy atom. The Morgan fingerprint density at radius 3 is 3.00 bits per heavy atom. The van der Waals surface area contributed by atoms with Gasteiger partial charge in [-0.2, -0.15) is 4.98 Å². The summed E-state index contributed by atoms with van der Waals surface area (Å²) < 4.78 is 5.51. The van der Waals surface area contributed by atoms with E-state index in [0.717, 1.165) is 5.75 Å². The molecule has 6 nitrogen and oxygen atoms in total. The van der Waals surface area contributed by atoms with Gasteiger partial charge in [0.15, 0.2) is 6.61 Å². The number of H-pyrrole nitrogens is 1. The number of hydrogen-bond acceptors (Lipinski definition) is 5. The molecule has 0 spiro atoms. The second kappa shape index (κ2) is 7.84. The lowest BCUT2D eigenvalue weighted by Crippen LogP contribution is -2.20. The maximum Gasteiger partial charge on any atom is 0.264 e. The number of aromatic nitrogens is 3. The average Bonchev–Trinajstić information content (AvgIpc) is 2.93. The molecule has 118 valence electrons. The monoisotopic (exact) mass is 320 g/mol. The minimum Gasteiger partial charge on any atom is -0.484 e. The molecule has 0 atom stereocenters. The van der Waals surface area contributed by atoms with E-state index in [1.54, 1.807) is 0 Å². The van der Waals surface area contributed by atoms with Crippen LogP contribution in [0.4, 0.5) is 5.95 Å². The van der Waals surface area contributed by atoms with E-state index in [-0.39, 0.29) is 12.5 Å². The van der Waals surface area contributed by atoms with E-state index in [1.807, 2.05) is 31.2 Å². The van der Waals surface area contributed by atoms with Crippen LogP contribution >= 0.6 is 11.8 Å². The van der Waals surface area contributed by atoms with Gasteiger partial charge in [-0.15, -0.1) is 5.10 Å². The van der Waals surface area contributed by atoms with Crippen LogP contribution in [0.3, 0.4) is 0 Å². The van der Waals surface area contributed by atoms with Crippen LogP contribution in [0.1, 0.15) is 32.3 Å². The highest BCUT2D eigenvalue weighted by atomic mass is 32.2. The summed E-state index contributed by atoms with van der Waals surface area (Å²) in [4.78, 5) is 16.0. The molecule has 0 radical (unpaired) electrons. The molecule has 0 fully saturated rings. The van der Waals surface area contributed by atoms with Gasteiger partial charge in [0.25, 0.3) is 5.91 Å².